The van der Waals surface area contributed by atoms with E-state index in [0.717, 1.165) is 15.6 Å². The van der Waals surface area contributed by atoms with Crippen LogP contribution in [0, 0.1) is 11.8 Å². The van der Waals surface area contributed by atoms with Crippen molar-refractivity contribution < 1.29 is 19.2 Å². The number of carbonyl (C=O) groups excluding carboxylic acids is 4. The second-order valence-corrected chi connectivity index (χ2v) is 9.35. The van der Waals surface area contributed by atoms with Crippen LogP contribution < -0.4 is 0 Å². The highest BCUT2D eigenvalue weighted by atomic mass is 35.5. The Hall–Kier alpha value is -2.48. The number of hydrogen-bond acceptors (Lipinski definition) is 5. The van der Waals surface area contributed by atoms with Crippen molar-refractivity contribution in [2.75, 3.05) is 6.54 Å². The minimum Gasteiger partial charge on any atom is -0.291 e. The molecule has 1 aromatic heterocycles. The molecule has 2 aliphatic rings. The van der Waals surface area contributed by atoms with Crippen LogP contribution in [0.2, 0.25) is 10.0 Å². The lowest BCUT2D eigenvalue weighted by atomic mass is 9.82. The molecule has 1 aliphatic heterocycles. The molecule has 1 aliphatic carbocycles. The molecule has 2 atom stereocenters. The zero-order valence-corrected chi connectivity index (χ0v) is 18.8. The Bertz CT molecular complexity index is 1110. The van der Waals surface area contributed by atoms with Gasteiger partial charge in [0.15, 0.2) is 5.78 Å². The highest BCUT2D eigenvalue weighted by Crippen LogP contribution is 2.38. The third-order valence-corrected chi connectivity index (χ3v) is 7.18. The van der Waals surface area contributed by atoms with Gasteiger partial charge in [-0.25, -0.2) is 5.01 Å². The van der Waals surface area contributed by atoms with E-state index in [0.29, 0.717) is 17.7 Å². The van der Waals surface area contributed by atoms with E-state index in [2.05, 4.69) is 0 Å². The molecular formula is C22H18Cl2N2O4S. The molecule has 0 saturated carbocycles. The predicted molar refractivity (Wildman–Crippen MR) is 118 cm³/mol. The molecule has 0 N–H and O–H groups in total. The quantitative estimate of drug-likeness (QED) is 0.358. The normalized spacial score (nSPS) is 20.5. The van der Waals surface area contributed by atoms with Crippen LogP contribution in [0.25, 0.3) is 0 Å². The van der Waals surface area contributed by atoms with Gasteiger partial charge in [0.25, 0.3) is 17.7 Å². The standard InChI is InChI=1S/C22H18Cl2N2O4S/c1-12-4-6-14-15(9-12)22(30)26(21(14)29)25(11-18(27)19-3-2-8-31-19)20(28)13-5-7-16(23)17(24)10-13/h2-5,7-8,10,14-15H,6,9,11H2,1H3/t14-,15+/m0/s1. The fourth-order valence-electron chi connectivity index (χ4n) is 3.92. The number of hydrazine groups is 1. The largest absolute Gasteiger partial charge is 0.291 e. The molecular weight excluding hydrogens is 459 g/mol. The Morgan fingerprint density at radius 2 is 1.87 bits per heavy atom. The summed E-state index contributed by atoms with van der Waals surface area (Å²) in [6, 6.07) is 7.62. The summed E-state index contributed by atoms with van der Waals surface area (Å²) in [5, 5.41) is 3.97. The first-order chi connectivity index (χ1) is 14.8. The summed E-state index contributed by atoms with van der Waals surface area (Å²) in [7, 11) is 0. The van der Waals surface area contributed by atoms with Gasteiger partial charge in [-0.15, -0.1) is 11.3 Å². The maximum Gasteiger partial charge on any atom is 0.273 e. The summed E-state index contributed by atoms with van der Waals surface area (Å²) in [4.78, 5) is 53.0. The van der Waals surface area contributed by atoms with Gasteiger partial charge in [0, 0.05) is 5.56 Å². The van der Waals surface area contributed by atoms with Crippen molar-refractivity contribution in [2.24, 2.45) is 11.8 Å². The first kappa shape index (κ1) is 21.7. The number of fused-ring (bicyclic) bond motifs is 1. The van der Waals surface area contributed by atoms with Crippen molar-refractivity contribution in [3.8, 4) is 0 Å². The average Bonchev–Trinajstić information content (AvgIpc) is 3.36. The second kappa shape index (κ2) is 8.57. The number of rotatable bonds is 5. The number of ketones is 1. The number of amides is 3. The number of Topliss-reactive ketones (excluding diaryl/α,β-unsaturated/α-hetero) is 1. The Kier molecular flexibility index (Phi) is 6.01. The van der Waals surface area contributed by atoms with Crippen LogP contribution in [0.4, 0.5) is 0 Å². The first-order valence-electron chi connectivity index (χ1n) is 9.65. The summed E-state index contributed by atoms with van der Waals surface area (Å²) in [6.45, 7) is 1.47. The van der Waals surface area contributed by atoms with Crippen LogP contribution in [0.1, 0.15) is 39.8 Å². The summed E-state index contributed by atoms with van der Waals surface area (Å²) >= 11 is 13.2. The third kappa shape index (κ3) is 4.05. The SMILES string of the molecule is CC1=CC[C@@H]2C(=O)N(N(CC(=O)c3cccs3)C(=O)c3ccc(Cl)c(Cl)c3)C(=O)[C@@H]2C1. The van der Waals surface area contributed by atoms with Crippen molar-refractivity contribution in [1.82, 2.24) is 10.0 Å². The van der Waals surface area contributed by atoms with E-state index in [1.165, 1.54) is 29.5 Å². The van der Waals surface area contributed by atoms with Crippen molar-refractivity contribution in [3.05, 3.63) is 67.8 Å². The molecule has 1 saturated heterocycles. The van der Waals surface area contributed by atoms with Gasteiger partial charge in [0.1, 0.15) is 6.54 Å². The molecule has 160 valence electrons. The van der Waals surface area contributed by atoms with Crippen LogP contribution >= 0.6 is 34.5 Å². The van der Waals surface area contributed by atoms with Crippen LogP contribution in [0.3, 0.4) is 0 Å². The number of hydrogen-bond donors (Lipinski definition) is 0. The Labute approximate surface area is 193 Å². The number of allylic oxidation sites excluding steroid dienone is 2. The molecule has 1 aromatic carbocycles. The van der Waals surface area contributed by atoms with Crippen molar-refractivity contribution in [1.29, 1.82) is 0 Å². The average molecular weight is 477 g/mol. The lowest BCUT2D eigenvalue weighted by molar-refractivity contribution is -0.154. The molecule has 2 aromatic rings. The molecule has 9 heteroatoms. The molecule has 0 bridgehead atoms. The van der Waals surface area contributed by atoms with Crippen LogP contribution in [-0.2, 0) is 9.59 Å². The Balaban J connectivity index is 1.70. The van der Waals surface area contributed by atoms with Gasteiger partial charge in [0.2, 0.25) is 0 Å². The number of nitrogens with zero attached hydrogens (tertiary/aromatic N) is 2. The number of thiophene rings is 1. The third-order valence-electron chi connectivity index (χ3n) is 5.53. The number of halogens is 2. The number of imide groups is 1. The molecule has 4 rings (SSSR count). The number of benzene rings is 1. The van der Waals surface area contributed by atoms with Gasteiger partial charge in [-0.1, -0.05) is 40.9 Å². The van der Waals surface area contributed by atoms with Gasteiger partial charge in [0.05, 0.1) is 26.8 Å². The molecule has 3 amide bonds. The van der Waals surface area contributed by atoms with Crippen LogP contribution in [0.15, 0.2) is 47.4 Å². The van der Waals surface area contributed by atoms with Gasteiger partial charge in [-0.3, -0.25) is 19.2 Å². The van der Waals surface area contributed by atoms with Crippen LogP contribution in [-0.4, -0.2) is 40.1 Å². The Morgan fingerprint density at radius 3 is 2.55 bits per heavy atom. The number of carbonyl (C=O) groups is 4. The minimum absolute atomic E-state index is 0.123. The molecule has 0 spiro atoms. The topological polar surface area (TPSA) is 74.8 Å². The van der Waals surface area contributed by atoms with Gasteiger partial charge in [-0.2, -0.15) is 5.01 Å². The van der Waals surface area contributed by atoms with Gasteiger partial charge in [-0.05, 0) is 49.4 Å². The molecule has 1 fully saturated rings. The van der Waals surface area contributed by atoms with E-state index in [9.17, 15) is 19.2 Å². The molecule has 0 radical (unpaired) electrons. The maximum absolute atomic E-state index is 13.4. The zero-order valence-electron chi connectivity index (χ0n) is 16.5. The lowest BCUT2D eigenvalue weighted by Gasteiger charge is -2.30. The smallest absolute Gasteiger partial charge is 0.273 e. The summed E-state index contributed by atoms with van der Waals surface area (Å²) in [5.74, 6) is -3.03. The summed E-state index contributed by atoms with van der Waals surface area (Å²) in [6.07, 6.45) is 2.84. The van der Waals surface area contributed by atoms with Gasteiger partial charge >= 0.3 is 0 Å². The lowest BCUT2D eigenvalue weighted by Crippen LogP contribution is -2.52. The fraction of sp³-hybridized carbons (Fsp3) is 0.273. The minimum atomic E-state index is -0.673. The zero-order chi connectivity index (χ0) is 22.3. The maximum atomic E-state index is 13.4. The van der Waals surface area contributed by atoms with E-state index in [-0.39, 0.29) is 21.4 Å². The van der Waals surface area contributed by atoms with Gasteiger partial charge < -0.3 is 0 Å². The molecule has 0 unspecified atom stereocenters. The monoisotopic (exact) mass is 476 g/mol. The highest BCUT2D eigenvalue weighted by molar-refractivity contribution is 7.12. The van der Waals surface area contributed by atoms with Crippen molar-refractivity contribution in [2.45, 2.75) is 19.8 Å². The van der Waals surface area contributed by atoms with Crippen molar-refractivity contribution in [3.63, 3.8) is 0 Å². The predicted octanol–water partition coefficient (Wildman–Crippen LogP) is 4.64. The molecule has 6 nitrogen and oxygen atoms in total. The molecule has 31 heavy (non-hydrogen) atoms. The van der Waals surface area contributed by atoms with E-state index in [4.69, 9.17) is 23.2 Å². The summed E-state index contributed by atoms with van der Waals surface area (Å²) in [5.41, 5.74) is 1.15. The van der Waals surface area contributed by atoms with Crippen LogP contribution in [0.5, 0.6) is 0 Å². The first-order valence-corrected chi connectivity index (χ1v) is 11.3. The Morgan fingerprint density at radius 1 is 1.13 bits per heavy atom. The van der Waals surface area contributed by atoms with E-state index < -0.39 is 36.1 Å². The second-order valence-electron chi connectivity index (χ2n) is 7.58. The van der Waals surface area contributed by atoms with E-state index >= 15 is 0 Å². The van der Waals surface area contributed by atoms with Crippen molar-refractivity contribution >= 4 is 58.0 Å². The highest BCUT2D eigenvalue weighted by Gasteiger charge is 2.51. The fourth-order valence-corrected chi connectivity index (χ4v) is 4.88. The summed E-state index contributed by atoms with van der Waals surface area (Å²) < 4.78 is 0. The van der Waals surface area contributed by atoms with E-state index in [1.54, 1.807) is 17.5 Å². The van der Waals surface area contributed by atoms with E-state index in [1.807, 2.05) is 13.0 Å². The molecule has 2 heterocycles.